The molecule has 0 spiro atoms. The predicted molar refractivity (Wildman–Crippen MR) is 127 cm³/mol. The number of carbonyl (C=O) groups excluding carboxylic acids is 1. The van der Waals surface area contributed by atoms with Crippen LogP contribution in [0.3, 0.4) is 0 Å². The molecule has 5 rings (SSSR count). The van der Waals surface area contributed by atoms with Gasteiger partial charge in [-0.15, -0.1) is 0 Å². The molecule has 0 bridgehead atoms. The van der Waals surface area contributed by atoms with Crippen LogP contribution in [-0.2, 0) is 24.1 Å². The Morgan fingerprint density at radius 2 is 1.97 bits per heavy atom. The smallest absolute Gasteiger partial charge is 0.391 e. The van der Waals surface area contributed by atoms with E-state index in [1.807, 2.05) is 21.7 Å². The summed E-state index contributed by atoms with van der Waals surface area (Å²) in [6.45, 7) is 4.10. The van der Waals surface area contributed by atoms with Crippen molar-refractivity contribution >= 4 is 22.6 Å². The average Bonchev–Trinajstić information content (AvgIpc) is 3.59. The highest BCUT2D eigenvalue weighted by atomic mass is 19.4. The van der Waals surface area contributed by atoms with Crippen molar-refractivity contribution in [3.05, 3.63) is 48.2 Å². The Balaban J connectivity index is 1.34. The molecular weight excluding hydrogens is 473 g/mol. The number of nitrogens with zero attached hydrogens (tertiary/aromatic N) is 6. The maximum Gasteiger partial charge on any atom is 0.417 e. The zero-order valence-electron chi connectivity index (χ0n) is 20.0. The van der Waals surface area contributed by atoms with E-state index in [4.69, 9.17) is 0 Å². The van der Waals surface area contributed by atoms with E-state index in [0.29, 0.717) is 31.9 Å². The number of hydrogen-bond donors (Lipinski definition) is 1. The molecule has 2 fully saturated rings. The second-order valence-corrected chi connectivity index (χ2v) is 9.85. The fourth-order valence-electron chi connectivity index (χ4n) is 4.96. The minimum atomic E-state index is -4.42. The molecule has 1 unspecified atom stereocenters. The van der Waals surface area contributed by atoms with Gasteiger partial charge in [-0.1, -0.05) is 0 Å². The van der Waals surface area contributed by atoms with E-state index in [9.17, 15) is 23.1 Å². The summed E-state index contributed by atoms with van der Waals surface area (Å²) in [6.07, 6.45) is 2.12. The number of pyridine rings is 1. The van der Waals surface area contributed by atoms with E-state index in [0.717, 1.165) is 54.9 Å². The molecule has 4 heterocycles. The lowest BCUT2D eigenvalue weighted by Gasteiger charge is -2.35. The number of piperidine rings is 1. The first-order valence-electron chi connectivity index (χ1n) is 12.2. The molecule has 1 aliphatic carbocycles. The van der Waals surface area contributed by atoms with Crippen LogP contribution in [0.2, 0.25) is 0 Å². The fourth-order valence-corrected chi connectivity index (χ4v) is 4.96. The Morgan fingerprint density at radius 1 is 1.17 bits per heavy atom. The highest BCUT2D eigenvalue weighted by Crippen LogP contribution is 2.36. The molecule has 2 aliphatic rings. The molecule has 1 aliphatic heterocycles. The van der Waals surface area contributed by atoms with E-state index < -0.39 is 17.8 Å². The van der Waals surface area contributed by atoms with Gasteiger partial charge in [-0.05, 0) is 50.9 Å². The normalized spacial score (nSPS) is 21.1. The summed E-state index contributed by atoms with van der Waals surface area (Å²) in [6, 6.07) is 4.69. The second-order valence-electron chi connectivity index (χ2n) is 9.85. The number of aromatic nitrogens is 4. The highest BCUT2D eigenvalue weighted by Gasteiger charge is 2.34. The van der Waals surface area contributed by atoms with Crippen molar-refractivity contribution < 1.29 is 23.1 Å². The van der Waals surface area contributed by atoms with Crippen LogP contribution in [0.5, 0.6) is 0 Å². The molecular formula is C25H29F3N6O2. The van der Waals surface area contributed by atoms with E-state index >= 15 is 0 Å². The number of halogens is 3. The van der Waals surface area contributed by atoms with Gasteiger partial charge in [0.1, 0.15) is 23.6 Å². The number of carbonyl (C=O) groups is 1. The molecule has 0 amide bonds. The third kappa shape index (κ3) is 5.36. The molecule has 0 aromatic carbocycles. The maximum absolute atomic E-state index is 12.9. The van der Waals surface area contributed by atoms with Gasteiger partial charge in [-0.2, -0.15) is 13.2 Å². The zero-order valence-corrected chi connectivity index (χ0v) is 20.0. The number of β-amino-alcohol motifs (C(OH)–C–C–N with tert-alkyl or cyclic N) is 1. The first-order valence-corrected chi connectivity index (χ1v) is 12.2. The van der Waals surface area contributed by atoms with E-state index in [1.54, 1.807) is 6.92 Å². The van der Waals surface area contributed by atoms with E-state index in [1.165, 1.54) is 12.4 Å². The third-order valence-electron chi connectivity index (χ3n) is 6.96. The van der Waals surface area contributed by atoms with Crippen molar-refractivity contribution in [1.82, 2.24) is 24.4 Å². The summed E-state index contributed by atoms with van der Waals surface area (Å²) in [4.78, 5) is 28.6. The number of rotatable bonds is 8. The lowest BCUT2D eigenvalue weighted by atomic mass is 9.93. The van der Waals surface area contributed by atoms with Crippen LogP contribution in [0, 0.1) is 5.92 Å². The highest BCUT2D eigenvalue weighted by molar-refractivity contribution is 5.88. The average molecular weight is 503 g/mol. The van der Waals surface area contributed by atoms with E-state index in [-0.39, 0.29) is 17.7 Å². The summed E-state index contributed by atoms with van der Waals surface area (Å²) in [5, 5.41) is 11.6. The molecule has 3 aromatic rings. The Bertz CT molecular complexity index is 1220. The Kier molecular flexibility index (Phi) is 6.69. The van der Waals surface area contributed by atoms with Crippen molar-refractivity contribution in [2.75, 3.05) is 24.5 Å². The molecule has 3 aromatic heterocycles. The van der Waals surface area contributed by atoms with Crippen LogP contribution in [-0.4, -0.2) is 67.1 Å². The summed E-state index contributed by atoms with van der Waals surface area (Å²) in [5.41, 5.74) is 0.533. The zero-order chi connectivity index (χ0) is 25.4. The fraction of sp³-hybridized carbons (Fsp3) is 0.520. The van der Waals surface area contributed by atoms with Crippen LogP contribution < -0.4 is 4.90 Å². The molecule has 11 heteroatoms. The van der Waals surface area contributed by atoms with Crippen molar-refractivity contribution in [2.24, 2.45) is 5.92 Å². The van der Waals surface area contributed by atoms with Gasteiger partial charge in [0.15, 0.2) is 0 Å². The molecule has 1 saturated heterocycles. The quantitative estimate of drug-likeness (QED) is 0.506. The van der Waals surface area contributed by atoms with Gasteiger partial charge in [0.25, 0.3) is 0 Å². The van der Waals surface area contributed by atoms with Crippen molar-refractivity contribution in [3.63, 3.8) is 0 Å². The van der Waals surface area contributed by atoms with Crippen LogP contribution in [0.4, 0.5) is 19.0 Å². The monoisotopic (exact) mass is 502 g/mol. The number of Topliss-reactive ketones (excluding diaryl/α,β-unsaturated/α-hetero) is 1. The number of anilines is 1. The largest absolute Gasteiger partial charge is 0.417 e. The van der Waals surface area contributed by atoms with Crippen LogP contribution in [0.1, 0.15) is 37.4 Å². The van der Waals surface area contributed by atoms with Gasteiger partial charge in [-0.25, -0.2) is 9.97 Å². The Labute approximate surface area is 206 Å². The standard InChI is InChI=1S/C25H29F3N6O2/c1-16(35)11-32-8-6-17(22(36)14-32)12-33-9-7-21-23(33)30-15-31-24(21)34(20-4-5-20)13-19-3-2-18(10-29-19)25(26,27)28/h2-3,7,9-10,15,17,20,22,36H,4-6,8,11-14H2,1H3/t17?,22-/m0/s1. The third-order valence-corrected chi connectivity index (χ3v) is 6.96. The molecule has 1 N–H and O–H groups in total. The van der Waals surface area contributed by atoms with E-state index in [2.05, 4.69) is 19.9 Å². The molecule has 1 saturated carbocycles. The first kappa shape index (κ1) is 24.6. The van der Waals surface area contributed by atoms with Crippen LogP contribution in [0.15, 0.2) is 36.9 Å². The Hall–Kier alpha value is -3.05. The lowest BCUT2D eigenvalue weighted by molar-refractivity contribution is -0.137. The van der Waals surface area contributed by atoms with Crippen molar-refractivity contribution in [1.29, 1.82) is 0 Å². The number of aliphatic hydroxyl groups is 1. The van der Waals surface area contributed by atoms with Crippen LogP contribution >= 0.6 is 0 Å². The molecule has 2 atom stereocenters. The minimum Gasteiger partial charge on any atom is -0.391 e. The summed E-state index contributed by atoms with van der Waals surface area (Å²) >= 11 is 0. The molecule has 0 radical (unpaired) electrons. The van der Waals surface area contributed by atoms with Gasteiger partial charge in [0.05, 0.1) is 35.8 Å². The summed E-state index contributed by atoms with van der Waals surface area (Å²) < 4.78 is 40.8. The molecule has 8 nitrogen and oxygen atoms in total. The number of hydrogen-bond acceptors (Lipinski definition) is 7. The number of likely N-dealkylation sites (tertiary alicyclic amines) is 1. The lowest BCUT2D eigenvalue weighted by Crippen LogP contribution is -2.46. The topological polar surface area (TPSA) is 87.4 Å². The summed E-state index contributed by atoms with van der Waals surface area (Å²) in [7, 11) is 0. The Morgan fingerprint density at radius 3 is 2.61 bits per heavy atom. The number of alkyl halides is 3. The summed E-state index contributed by atoms with van der Waals surface area (Å²) in [5.74, 6) is 0.867. The van der Waals surface area contributed by atoms with Gasteiger partial charge < -0.3 is 14.6 Å². The molecule has 192 valence electrons. The first-order chi connectivity index (χ1) is 17.2. The maximum atomic E-state index is 12.9. The number of aliphatic hydroxyl groups excluding tert-OH is 1. The van der Waals surface area contributed by atoms with Gasteiger partial charge in [0.2, 0.25) is 0 Å². The SMILES string of the molecule is CC(=O)CN1CCC(Cn2ccc3c(N(Cc4ccc(C(F)(F)F)cn4)C4CC4)ncnc32)[C@@H](O)C1. The van der Waals surface area contributed by atoms with Gasteiger partial charge in [-0.3, -0.25) is 14.7 Å². The predicted octanol–water partition coefficient (Wildman–Crippen LogP) is 3.29. The minimum absolute atomic E-state index is 0.0399. The number of fused-ring (bicyclic) bond motifs is 1. The van der Waals surface area contributed by atoms with Gasteiger partial charge >= 0.3 is 6.18 Å². The van der Waals surface area contributed by atoms with Crippen molar-refractivity contribution in [2.45, 2.75) is 57.6 Å². The second kappa shape index (κ2) is 9.78. The number of ketones is 1. The molecule has 36 heavy (non-hydrogen) atoms. The van der Waals surface area contributed by atoms with Gasteiger partial charge in [0, 0.05) is 37.4 Å². The van der Waals surface area contributed by atoms with Crippen molar-refractivity contribution in [3.8, 4) is 0 Å². The van der Waals surface area contributed by atoms with Crippen LogP contribution in [0.25, 0.3) is 11.0 Å².